The molecule has 0 amide bonds. The van der Waals surface area contributed by atoms with Crippen molar-refractivity contribution < 1.29 is 5.11 Å². The van der Waals surface area contributed by atoms with Crippen molar-refractivity contribution in [2.24, 2.45) is 11.7 Å². The first kappa shape index (κ1) is 7.92. The van der Waals surface area contributed by atoms with E-state index in [1.165, 1.54) is 0 Å². The molecule has 3 N–H and O–H groups in total. The second-order valence-electron chi connectivity index (χ2n) is 2.32. The molecule has 2 heteroatoms. The summed E-state index contributed by atoms with van der Waals surface area (Å²) in [4.78, 5) is 0. The Labute approximate surface area is 50.7 Å². The van der Waals surface area contributed by atoms with Gasteiger partial charge in [0.1, 0.15) is 6.23 Å². The van der Waals surface area contributed by atoms with Gasteiger partial charge in [0.2, 0.25) is 0 Å². The summed E-state index contributed by atoms with van der Waals surface area (Å²) in [5.74, 6) is 0.551. The molecule has 0 aromatic carbocycles. The fraction of sp³-hybridized carbons (Fsp3) is 1.00. The van der Waals surface area contributed by atoms with Crippen LogP contribution in [0.2, 0.25) is 0 Å². The molecule has 0 aromatic rings. The van der Waals surface area contributed by atoms with Gasteiger partial charge >= 0.3 is 0 Å². The Morgan fingerprint density at radius 2 is 2.12 bits per heavy atom. The molecule has 2 nitrogen and oxygen atoms in total. The fourth-order valence-electron chi connectivity index (χ4n) is 0.579. The molecule has 0 radical (unpaired) electrons. The normalized spacial score (nSPS) is 18.0. The number of hydrogen-bond acceptors (Lipinski definition) is 2. The highest BCUT2D eigenvalue weighted by molar-refractivity contribution is 4.52. The van der Waals surface area contributed by atoms with Gasteiger partial charge in [-0.3, -0.25) is 0 Å². The SMILES string of the molecule is CC[C@H](C)C[C@@H](N)O. The molecule has 0 fully saturated rings. The topological polar surface area (TPSA) is 46.2 Å². The summed E-state index contributed by atoms with van der Waals surface area (Å²) in [5, 5.41) is 8.63. The quantitative estimate of drug-likeness (QED) is 0.534. The maximum atomic E-state index is 8.63. The van der Waals surface area contributed by atoms with E-state index in [0.29, 0.717) is 5.92 Å². The van der Waals surface area contributed by atoms with Gasteiger partial charge in [-0.1, -0.05) is 20.3 Å². The number of hydrogen-bond donors (Lipinski definition) is 2. The molecule has 0 saturated heterocycles. The maximum absolute atomic E-state index is 8.63. The molecule has 0 unspecified atom stereocenters. The Kier molecular flexibility index (Phi) is 3.83. The van der Waals surface area contributed by atoms with Gasteiger partial charge in [-0.15, -0.1) is 0 Å². The average Bonchev–Trinajstić information content (AvgIpc) is 1.65. The summed E-state index contributed by atoms with van der Waals surface area (Å²) in [5.41, 5.74) is 5.12. The zero-order valence-electron chi connectivity index (χ0n) is 5.59. The van der Waals surface area contributed by atoms with E-state index in [9.17, 15) is 0 Å². The van der Waals surface area contributed by atoms with Crippen LogP contribution in [0.4, 0.5) is 0 Å². The van der Waals surface area contributed by atoms with E-state index in [0.717, 1.165) is 12.8 Å². The van der Waals surface area contributed by atoms with Crippen molar-refractivity contribution >= 4 is 0 Å². The molecule has 0 aliphatic carbocycles. The van der Waals surface area contributed by atoms with Crippen LogP contribution in [0.3, 0.4) is 0 Å². The number of rotatable bonds is 3. The first-order chi connectivity index (χ1) is 3.66. The Morgan fingerprint density at radius 1 is 1.62 bits per heavy atom. The van der Waals surface area contributed by atoms with E-state index in [-0.39, 0.29) is 0 Å². The van der Waals surface area contributed by atoms with Crippen molar-refractivity contribution in [1.82, 2.24) is 0 Å². The molecule has 2 atom stereocenters. The van der Waals surface area contributed by atoms with Gasteiger partial charge in [0, 0.05) is 0 Å². The molecule has 0 aliphatic rings. The molecule has 50 valence electrons. The van der Waals surface area contributed by atoms with Gasteiger partial charge in [-0.25, -0.2) is 0 Å². The lowest BCUT2D eigenvalue weighted by atomic mass is 10.1. The summed E-state index contributed by atoms with van der Waals surface area (Å²) in [7, 11) is 0. The van der Waals surface area contributed by atoms with Crippen LogP contribution in [0.15, 0.2) is 0 Å². The van der Waals surface area contributed by atoms with Crippen molar-refractivity contribution in [3.05, 3.63) is 0 Å². The third-order valence-electron chi connectivity index (χ3n) is 1.34. The second kappa shape index (κ2) is 3.87. The summed E-state index contributed by atoms with van der Waals surface area (Å²) in [6, 6.07) is 0. The van der Waals surface area contributed by atoms with E-state index in [4.69, 9.17) is 10.8 Å². The predicted molar refractivity (Wildman–Crippen MR) is 34.3 cm³/mol. The van der Waals surface area contributed by atoms with Crippen LogP contribution in [0.5, 0.6) is 0 Å². The Morgan fingerprint density at radius 3 is 2.25 bits per heavy atom. The fourth-order valence-corrected chi connectivity index (χ4v) is 0.579. The van der Waals surface area contributed by atoms with Crippen LogP contribution >= 0.6 is 0 Å². The number of nitrogens with two attached hydrogens (primary N) is 1. The summed E-state index contributed by atoms with van der Waals surface area (Å²) in [6.45, 7) is 4.17. The van der Waals surface area contributed by atoms with Crippen molar-refractivity contribution in [2.75, 3.05) is 0 Å². The molecule has 0 aliphatic heterocycles. The van der Waals surface area contributed by atoms with E-state index in [1.54, 1.807) is 0 Å². The lowest BCUT2D eigenvalue weighted by molar-refractivity contribution is 0.151. The zero-order chi connectivity index (χ0) is 6.57. The largest absolute Gasteiger partial charge is 0.379 e. The summed E-state index contributed by atoms with van der Waals surface area (Å²) < 4.78 is 0. The molecule has 8 heavy (non-hydrogen) atoms. The molecule has 0 aromatic heterocycles. The minimum absolute atomic E-state index is 0.551. The van der Waals surface area contributed by atoms with Crippen LogP contribution in [0, 0.1) is 5.92 Å². The minimum Gasteiger partial charge on any atom is -0.379 e. The van der Waals surface area contributed by atoms with Crippen LogP contribution in [-0.4, -0.2) is 11.3 Å². The van der Waals surface area contributed by atoms with Crippen molar-refractivity contribution in [3.63, 3.8) is 0 Å². The highest BCUT2D eigenvalue weighted by atomic mass is 16.3. The maximum Gasteiger partial charge on any atom is 0.102 e. The molecule has 0 spiro atoms. The van der Waals surface area contributed by atoms with Gasteiger partial charge < -0.3 is 10.8 Å². The van der Waals surface area contributed by atoms with Crippen molar-refractivity contribution in [2.45, 2.75) is 32.9 Å². The minimum atomic E-state index is -0.620. The summed E-state index contributed by atoms with van der Waals surface area (Å²) in [6.07, 6.45) is 1.19. The van der Waals surface area contributed by atoms with Gasteiger partial charge in [-0.2, -0.15) is 0 Å². The molecular weight excluding hydrogens is 102 g/mol. The average molecular weight is 117 g/mol. The lowest BCUT2D eigenvalue weighted by Gasteiger charge is -2.08. The third-order valence-corrected chi connectivity index (χ3v) is 1.34. The van der Waals surface area contributed by atoms with Gasteiger partial charge in [0.15, 0.2) is 0 Å². The predicted octanol–water partition coefficient (Wildman–Crippen LogP) is 0.700. The van der Waals surface area contributed by atoms with Crippen LogP contribution in [-0.2, 0) is 0 Å². The van der Waals surface area contributed by atoms with E-state index < -0.39 is 6.23 Å². The standard InChI is InChI=1S/C6H15NO/c1-3-5(2)4-6(7)8/h5-6,8H,3-4,7H2,1-2H3/t5-,6-/m0/s1. The third kappa shape index (κ3) is 4.09. The molecular formula is C6H15NO. The van der Waals surface area contributed by atoms with Gasteiger partial charge in [0.25, 0.3) is 0 Å². The highest BCUT2D eigenvalue weighted by Crippen LogP contribution is 2.06. The molecule has 0 saturated carbocycles. The number of aliphatic hydroxyl groups excluding tert-OH is 1. The lowest BCUT2D eigenvalue weighted by Crippen LogP contribution is -2.21. The van der Waals surface area contributed by atoms with E-state index in [1.807, 2.05) is 0 Å². The molecule has 0 bridgehead atoms. The first-order valence-electron chi connectivity index (χ1n) is 3.10. The van der Waals surface area contributed by atoms with E-state index in [2.05, 4.69) is 13.8 Å². The smallest absolute Gasteiger partial charge is 0.102 e. The number of aliphatic hydroxyl groups is 1. The Balaban J connectivity index is 3.10. The second-order valence-corrected chi connectivity index (χ2v) is 2.32. The zero-order valence-corrected chi connectivity index (χ0v) is 5.59. The molecule has 0 heterocycles. The van der Waals surface area contributed by atoms with Crippen molar-refractivity contribution in [3.8, 4) is 0 Å². The Bertz CT molecular complexity index is 54.5. The van der Waals surface area contributed by atoms with Crippen LogP contribution in [0.25, 0.3) is 0 Å². The van der Waals surface area contributed by atoms with Crippen LogP contribution < -0.4 is 5.73 Å². The summed E-state index contributed by atoms with van der Waals surface area (Å²) >= 11 is 0. The Hall–Kier alpha value is -0.0800. The molecule has 0 rings (SSSR count). The first-order valence-corrected chi connectivity index (χ1v) is 3.10. The van der Waals surface area contributed by atoms with Gasteiger partial charge in [0.05, 0.1) is 0 Å². The van der Waals surface area contributed by atoms with Crippen molar-refractivity contribution in [1.29, 1.82) is 0 Å². The highest BCUT2D eigenvalue weighted by Gasteiger charge is 2.01. The van der Waals surface area contributed by atoms with Crippen LogP contribution in [0.1, 0.15) is 26.7 Å². The van der Waals surface area contributed by atoms with Gasteiger partial charge in [-0.05, 0) is 12.3 Å². The monoisotopic (exact) mass is 117 g/mol. The van der Waals surface area contributed by atoms with E-state index >= 15 is 0 Å².